The van der Waals surface area contributed by atoms with Crippen LogP contribution in [0.25, 0.3) is 5.69 Å². The number of aryl methyl sites for hydroxylation is 2. The number of rotatable bonds is 6. The molecule has 4 aliphatic carbocycles. The van der Waals surface area contributed by atoms with Crippen molar-refractivity contribution in [2.45, 2.75) is 69.2 Å². The minimum absolute atomic E-state index is 0.0259. The van der Waals surface area contributed by atoms with Crippen LogP contribution in [0.4, 0.5) is 0 Å². The third-order valence-corrected chi connectivity index (χ3v) is 11.9. The van der Waals surface area contributed by atoms with Gasteiger partial charge in [-0.3, -0.25) is 9.48 Å². The predicted molar refractivity (Wildman–Crippen MR) is 151 cm³/mol. The Labute approximate surface area is 236 Å². The molecule has 4 saturated carbocycles. The Hall–Kier alpha value is -2.98. The van der Waals surface area contributed by atoms with Crippen LogP contribution in [0.5, 0.6) is 0 Å². The van der Waals surface area contributed by atoms with Gasteiger partial charge in [0, 0.05) is 50.5 Å². The molecule has 0 atom stereocenters. The number of amides is 1. The van der Waals surface area contributed by atoms with Gasteiger partial charge in [0.05, 0.1) is 22.6 Å². The number of sulfonamides is 1. The Morgan fingerprint density at radius 3 is 2.12 bits per heavy atom. The Balaban J connectivity index is 1.17. The molecular weight excluding hydrogens is 524 g/mol. The van der Waals surface area contributed by atoms with Crippen LogP contribution in [0, 0.1) is 24.7 Å². The molecular formula is C30H38N6O3S. The Bertz CT molecular complexity index is 1500. The number of nitrogens with zero attached hydrogens (tertiary/aromatic N) is 6. The molecule has 1 aliphatic heterocycles. The monoisotopic (exact) mass is 562 g/mol. The van der Waals surface area contributed by atoms with E-state index in [1.807, 2.05) is 53.0 Å². The summed E-state index contributed by atoms with van der Waals surface area (Å²) in [5.74, 6) is 2.20. The van der Waals surface area contributed by atoms with Crippen molar-refractivity contribution in [1.82, 2.24) is 28.8 Å². The number of hydrogen-bond acceptors (Lipinski definition) is 5. The average molecular weight is 563 g/mol. The molecule has 0 unspecified atom stereocenters. The summed E-state index contributed by atoms with van der Waals surface area (Å²) in [6, 6.07) is 10.0. The second-order valence-corrected chi connectivity index (χ2v) is 14.4. The van der Waals surface area contributed by atoms with Gasteiger partial charge in [0.1, 0.15) is 4.90 Å². The fraction of sp³-hybridized carbons (Fsp3) is 0.567. The summed E-state index contributed by atoms with van der Waals surface area (Å²) in [5, 5.41) is 9.48. The fourth-order valence-electron chi connectivity index (χ4n) is 8.39. The highest BCUT2D eigenvalue weighted by molar-refractivity contribution is 7.89. The second-order valence-electron chi connectivity index (χ2n) is 12.5. The lowest BCUT2D eigenvalue weighted by Crippen LogP contribution is -2.52. The first-order chi connectivity index (χ1) is 19.3. The zero-order chi connectivity index (χ0) is 27.6. The number of para-hydroxylation sites is 1. The highest BCUT2D eigenvalue weighted by atomic mass is 32.2. The number of piperazine rings is 1. The lowest BCUT2D eigenvalue weighted by Gasteiger charge is -2.56. The van der Waals surface area contributed by atoms with Gasteiger partial charge in [0.25, 0.3) is 5.91 Å². The van der Waals surface area contributed by atoms with Crippen LogP contribution in [-0.4, -0.2) is 69.3 Å². The molecule has 5 aliphatic rings. The second kappa shape index (κ2) is 9.55. The van der Waals surface area contributed by atoms with E-state index in [0.717, 1.165) is 48.4 Å². The first-order valence-corrected chi connectivity index (χ1v) is 16.2. The molecule has 10 heteroatoms. The van der Waals surface area contributed by atoms with E-state index in [9.17, 15) is 13.2 Å². The van der Waals surface area contributed by atoms with E-state index in [1.165, 1.54) is 23.6 Å². The molecule has 212 valence electrons. The largest absolute Gasteiger partial charge is 0.336 e. The van der Waals surface area contributed by atoms with Gasteiger partial charge in [-0.2, -0.15) is 14.5 Å². The number of carbonyl (C=O) groups excluding carboxylic acids is 1. The third kappa shape index (κ3) is 4.22. The molecule has 0 radical (unpaired) electrons. The van der Waals surface area contributed by atoms with E-state index in [0.29, 0.717) is 30.9 Å². The van der Waals surface area contributed by atoms with Gasteiger partial charge < -0.3 is 4.90 Å². The molecule has 4 bridgehead atoms. The Morgan fingerprint density at radius 2 is 1.55 bits per heavy atom. The molecule has 0 N–H and O–H groups in total. The molecule has 5 fully saturated rings. The van der Waals surface area contributed by atoms with Gasteiger partial charge in [-0.25, -0.2) is 13.1 Å². The van der Waals surface area contributed by atoms with Crippen LogP contribution in [-0.2, 0) is 22.0 Å². The van der Waals surface area contributed by atoms with E-state index in [2.05, 4.69) is 5.10 Å². The van der Waals surface area contributed by atoms with Crippen molar-refractivity contribution in [3.8, 4) is 5.69 Å². The number of hydrogen-bond donors (Lipinski definition) is 0. The zero-order valence-corrected chi connectivity index (χ0v) is 24.2. The van der Waals surface area contributed by atoms with E-state index in [4.69, 9.17) is 5.10 Å². The minimum Gasteiger partial charge on any atom is -0.336 e. The van der Waals surface area contributed by atoms with Crippen molar-refractivity contribution in [3.63, 3.8) is 0 Å². The van der Waals surface area contributed by atoms with Gasteiger partial charge >= 0.3 is 0 Å². The summed E-state index contributed by atoms with van der Waals surface area (Å²) >= 11 is 0. The minimum atomic E-state index is -3.67. The van der Waals surface area contributed by atoms with Gasteiger partial charge in [0.2, 0.25) is 10.0 Å². The van der Waals surface area contributed by atoms with E-state index in [-0.39, 0.29) is 29.3 Å². The highest BCUT2D eigenvalue weighted by Gasteiger charge is 2.54. The zero-order valence-electron chi connectivity index (χ0n) is 23.4. The molecule has 8 rings (SSSR count). The molecule has 2 aromatic heterocycles. The number of benzene rings is 1. The molecule has 9 nitrogen and oxygen atoms in total. The predicted octanol–water partition coefficient (Wildman–Crippen LogP) is 4.01. The maximum Gasteiger partial charge on any atom is 0.257 e. The molecule has 3 aromatic rings. The topological polar surface area (TPSA) is 93.3 Å². The molecule has 40 heavy (non-hydrogen) atoms. The van der Waals surface area contributed by atoms with Crippen LogP contribution in [0.15, 0.2) is 47.6 Å². The van der Waals surface area contributed by atoms with Crippen molar-refractivity contribution in [1.29, 1.82) is 0 Å². The lowest BCUT2D eigenvalue weighted by atomic mass is 9.48. The normalized spacial score (nSPS) is 28.4. The standard InChI is InChI=1S/C30H38N6O3S/c1-3-34-20-27(21(2)31-34)40(38,39)35-11-9-33(10-12-35)29(37)26-19-36(25-7-5-4-6-8-25)32-28(26)30-16-22-13-23(17-30)15-24(14-22)18-30/h4-8,19-20,22-24H,3,9-18H2,1-2H3. The quantitative estimate of drug-likeness (QED) is 0.453. The van der Waals surface area contributed by atoms with Gasteiger partial charge in [-0.1, -0.05) is 18.2 Å². The van der Waals surface area contributed by atoms with E-state index >= 15 is 0 Å². The number of carbonyl (C=O) groups is 1. The lowest BCUT2D eigenvalue weighted by molar-refractivity contribution is -0.00789. The maximum absolute atomic E-state index is 14.2. The first kappa shape index (κ1) is 26.0. The van der Waals surface area contributed by atoms with Crippen molar-refractivity contribution >= 4 is 15.9 Å². The molecule has 1 aromatic carbocycles. The molecule has 3 heterocycles. The summed E-state index contributed by atoms with van der Waals surface area (Å²) in [4.78, 5) is 16.2. The highest BCUT2D eigenvalue weighted by Crippen LogP contribution is 2.61. The molecule has 0 spiro atoms. The van der Waals surface area contributed by atoms with Gasteiger partial charge in [-0.15, -0.1) is 0 Å². The maximum atomic E-state index is 14.2. The summed E-state index contributed by atoms with van der Waals surface area (Å²) in [7, 11) is -3.67. The third-order valence-electron chi connectivity index (χ3n) is 9.87. The smallest absolute Gasteiger partial charge is 0.257 e. The summed E-state index contributed by atoms with van der Waals surface area (Å²) < 4.78 is 31.9. The summed E-state index contributed by atoms with van der Waals surface area (Å²) in [6.45, 7) is 5.53. The van der Waals surface area contributed by atoms with Crippen LogP contribution in [0.1, 0.15) is 67.2 Å². The Morgan fingerprint density at radius 1 is 0.925 bits per heavy atom. The van der Waals surface area contributed by atoms with E-state index < -0.39 is 10.0 Å². The fourth-order valence-corrected chi connectivity index (χ4v) is 9.98. The van der Waals surface area contributed by atoms with Crippen molar-refractivity contribution < 1.29 is 13.2 Å². The van der Waals surface area contributed by atoms with Crippen LogP contribution >= 0.6 is 0 Å². The van der Waals surface area contributed by atoms with Gasteiger partial charge in [0.15, 0.2) is 0 Å². The number of aromatic nitrogens is 4. The first-order valence-electron chi connectivity index (χ1n) is 14.7. The molecule has 1 amide bonds. The summed E-state index contributed by atoms with van der Waals surface area (Å²) in [5.41, 5.74) is 3.10. The van der Waals surface area contributed by atoms with Crippen molar-refractivity contribution in [2.24, 2.45) is 17.8 Å². The Kier molecular flexibility index (Phi) is 6.19. The van der Waals surface area contributed by atoms with Crippen LogP contribution in [0.3, 0.4) is 0 Å². The van der Waals surface area contributed by atoms with Gasteiger partial charge in [-0.05, 0) is 82.3 Å². The van der Waals surface area contributed by atoms with Crippen LogP contribution in [0.2, 0.25) is 0 Å². The SMILES string of the molecule is CCn1cc(S(=O)(=O)N2CCN(C(=O)c3cn(-c4ccccc4)nc3C34CC5CC(CC(C5)C3)C4)CC2)c(C)n1. The van der Waals surface area contributed by atoms with Crippen molar-refractivity contribution in [3.05, 3.63) is 59.7 Å². The summed E-state index contributed by atoms with van der Waals surface area (Å²) in [6.07, 6.45) is 10.9. The molecule has 1 saturated heterocycles. The average Bonchev–Trinajstić information content (AvgIpc) is 3.57. The van der Waals surface area contributed by atoms with Crippen molar-refractivity contribution in [2.75, 3.05) is 26.2 Å². The van der Waals surface area contributed by atoms with E-state index in [1.54, 1.807) is 17.8 Å². The van der Waals surface area contributed by atoms with Crippen LogP contribution < -0.4 is 0 Å².